The number of urea groups is 1. The highest BCUT2D eigenvalue weighted by Gasteiger charge is 2.53. The number of rotatable bonds is 5. The number of aromatic nitrogens is 1. The van der Waals surface area contributed by atoms with Crippen molar-refractivity contribution in [1.82, 2.24) is 16.0 Å². The minimum atomic E-state index is -0.625. The van der Waals surface area contributed by atoms with Gasteiger partial charge in [0.25, 0.3) is 5.82 Å². The van der Waals surface area contributed by atoms with Gasteiger partial charge in [0.05, 0.1) is 12.7 Å². The number of hydrogen-bond acceptors (Lipinski definition) is 3. The highest BCUT2D eigenvalue weighted by atomic mass is 35.5. The van der Waals surface area contributed by atoms with Crippen molar-refractivity contribution in [3.8, 4) is 0 Å². The summed E-state index contributed by atoms with van der Waals surface area (Å²) in [5, 5.41) is 8.26. The van der Waals surface area contributed by atoms with Crippen LogP contribution in [0.4, 0.5) is 10.6 Å². The maximum atomic E-state index is 13.3. The molecule has 0 aliphatic carbocycles. The summed E-state index contributed by atoms with van der Waals surface area (Å²) in [5.74, 6) is 0.495. The van der Waals surface area contributed by atoms with Crippen molar-refractivity contribution in [2.24, 2.45) is 5.92 Å². The zero-order valence-electron chi connectivity index (χ0n) is 16.7. The molecular weight excluding hydrogens is 382 g/mol. The summed E-state index contributed by atoms with van der Waals surface area (Å²) < 4.78 is 2.05. The van der Waals surface area contributed by atoms with E-state index in [9.17, 15) is 14.4 Å². The molecule has 0 spiro atoms. The number of amides is 4. The summed E-state index contributed by atoms with van der Waals surface area (Å²) in [5.41, 5.74) is 1.08. The summed E-state index contributed by atoms with van der Waals surface area (Å²) >= 11 is 0. The van der Waals surface area contributed by atoms with E-state index in [2.05, 4.69) is 20.5 Å². The van der Waals surface area contributed by atoms with Gasteiger partial charge in [-0.05, 0) is 25.5 Å². The number of carbonyl (C=O) groups excluding carboxylic acids is 3. The van der Waals surface area contributed by atoms with Crippen molar-refractivity contribution in [3.63, 3.8) is 0 Å². The average molecular weight is 411 g/mol. The number of carbonyl (C=O) groups is 3. The van der Waals surface area contributed by atoms with Crippen molar-refractivity contribution in [2.45, 2.75) is 51.7 Å². The van der Waals surface area contributed by atoms with Crippen LogP contribution in [-0.2, 0) is 16.0 Å². The van der Waals surface area contributed by atoms with Crippen molar-refractivity contribution < 1.29 is 19.0 Å². The van der Waals surface area contributed by atoms with Crippen LogP contribution in [0.25, 0.3) is 0 Å². The van der Waals surface area contributed by atoms with Crippen LogP contribution in [0.3, 0.4) is 0 Å². The van der Waals surface area contributed by atoms with Crippen LogP contribution in [-0.4, -0.2) is 43.5 Å². The normalized spacial score (nSPS) is 23.4. The second-order valence-corrected chi connectivity index (χ2v) is 7.33. The maximum absolute atomic E-state index is 13.3. The zero-order chi connectivity index (χ0) is 19.7. The average Bonchev–Trinajstić information content (AvgIpc) is 3.05. The molecule has 1 aromatic heterocycles. The van der Waals surface area contributed by atoms with E-state index < -0.39 is 6.04 Å². The summed E-state index contributed by atoms with van der Waals surface area (Å²) in [6.07, 6.45) is 3.34. The van der Waals surface area contributed by atoms with Gasteiger partial charge >= 0.3 is 11.9 Å². The van der Waals surface area contributed by atoms with Gasteiger partial charge in [-0.2, -0.15) is 4.90 Å². The molecule has 0 radical (unpaired) electrons. The first-order valence-corrected chi connectivity index (χ1v) is 9.51. The van der Waals surface area contributed by atoms with Crippen LogP contribution < -0.4 is 25.4 Å². The third-order valence-electron chi connectivity index (χ3n) is 5.63. The van der Waals surface area contributed by atoms with E-state index in [1.54, 1.807) is 11.9 Å². The molecular formula is C19H29ClN5O3+. The minimum absolute atomic E-state index is 0. The lowest BCUT2D eigenvalue weighted by Gasteiger charge is -2.33. The Morgan fingerprint density at radius 2 is 2.11 bits per heavy atom. The van der Waals surface area contributed by atoms with Gasteiger partial charge in [0.2, 0.25) is 5.91 Å². The Morgan fingerprint density at radius 1 is 1.39 bits per heavy atom. The minimum Gasteiger partial charge on any atom is -0.341 e. The molecule has 0 saturated heterocycles. The molecule has 3 N–H and O–H groups in total. The van der Waals surface area contributed by atoms with E-state index in [1.165, 1.54) is 0 Å². The predicted octanol–water partition coefficient (Wildman–Crippen LogP) is 0.688. The second kappa shape index (κ2) is 8.77. The Morgan fingerprint density at radius 3 is 2.75 bits per heavy atom. The molecule has 8 nitrogen and oxygen atoms in total. The zero-order valence-corrected chi connectivity index (χ0v) is 17.5. The molecule has 2 aliphatic rings. The SMILES string of the molecule is CC[C@@H](C)C(=O)N[C@@H]1C(=O)N2c3c(ccc[n+]3C1C)C[C@H]2CNC(=O)NC.Cl. The Labute approximate surface area is 171 Å². The van der Waals surface area contributed by atoms with Crippen LogP contribution in [0.2, 0.25) is 0 Å². The van der Waals surface area contributed by atoms with Crippen LogP contribution in [0.15, 0.2) is 18.3 Å². The van der Waals surface area contributed by atoms with Crippen LogP contribution >= 0.6 is 12.4 Å². The number of hydrogen-bond donors (Lipinski definition) is 3. The fraction of sp³-hybridized carbons (Fsp3) is 0.579. The number of nitrogens with one attached hydrogen (secondary N) is 3. The van der Waals surface area contributed by atoms with Gasteiger partial charge in [-0.3, -0.25) is 4.79 Å². The van der Waals surface area contributed by atoms with E-state index in [4.69, 9.17) is 0 Å². The highest BCUT2D eigenvalue weighted by molar-refractivity contribution is 6.01. The van der Waals surface area contributed by atoms with Crippen LogP contribution in [0.1, 0.15) is 38.8 Å². The van der Waals surface area contributed by atoms with E-state index in [1.807, 2.05) is 39.1 Å². The molecule has 4 amide bonds. The van der Waals surface area contributed by atoms with E-state index in [-0.39, 0.29) is 48.3 Å². The largest absolute Gasteiger partial charge is 0.341 e. The van der Waals surface area contributed by atoms with Crippen molar-refractivity contribution in [1.29, 1.82) is 0 Å². The monoisotopic (exact) mass is 410 g/mol. The summed E-state index contributed by atoms with van der Waals surface area (Å²) in [6.45, 7) is 6.11. The molecule has 1 aromatic rings. The molecule has 0 aromatic carbocycles. The van der Waals surface area contributed by atoms with Gasteiger partial charge in [-0.25, -0.2) is 14.2 Å². The van der Waals surface area contributed by atoms with E-state index in [0.717, 1.165) is 17.8 Å². The summed E-state index contributed by atoms with van der Waals surface area (Å²) in [6, 6.07) is 2.72. The number of nitrogens with zero attached hydrogens (tertiary/aromatic N) is 2. The Balaban J connectivity index is 0.00000280. The lowest BCUT2D eigenvalue weighted by Crippen LogP contribution is -2.67. The molecule has 1 unspecified atom stereocenters. The first-order valence-electron chi connectivity index (χ1n) is 9.51. The quantitative estimate of drug-likeness (QED) is 0.623. The summed E-state index contributed by atoms with van der Waals surface area (Å²) in [7, 11) is 1.56. The molecule has 28 heavy (non-hydrogen) atoms. The third-order valence-corrected chi connectivity index (χ3v) is 5.63. The lowest BCUT2D eigenvalue weighted by molar-refractivity contribution is -0.711. The van der Waals surface area contributed by atoms with Crippen LogP contribution in [0.5, 0.6) is 0 Å². The van der Waals surface area contributed by atoms with Gasteiger partial charge in [0.1, 0.15) is 12.1 Å². The predicted molar refractivity (Wildman–Crippen MR) is 107 cm³/mol. The molecule has 2 aliphatic heterocycles. The fourth-order valence-electron chi connectivity index (χ4n) is 3.77. The number of pyridine rings is 1. The second-order valence-electron chi connectivity index (χ2n) is 7.33. The van der Waals surface area contributed by atoms with Crippen molar-refractivity contribution in [2.75, 3.05) is 18.5 Å². The van der Waals surface area contributed by atoms with Crippen molar-refractivity contribution in [3.05, 3.63) is 23.9 Å². The molecule has 154 valence electrons. The van der Waals surface area contributed by atoms with Crippen molar-refractivity contribution >= 4 is 36.1 Å². The molecule has 3 heterocycles. The van der Waals surface area contributed by atoms with Gasteiger partial charge in [-0.1, -0.05) is 13.8 Å². The summed E-state index contributed by atoms with van der Waals surface area (Å²) in [4.78, 5) is 39.1. The topological polar surface area (TPSA) is 94.4 Å². The smallest absolute Gasteiger partial charge is 0.336 e. The number of halogens is 1. The molecule has 3 rings (SSSR count). The van der Waals surface area contributed by atoms with E-state index in [0.29, 0.717) is 13.0 Å². The van der Waals surface area contributed by atoms with Gasteiger partial charge in [0.15, 0.2) is 6.04 Å². The standard InChI is InChI=1S/C19H27N5O3.ClH/c1-5-11(2)16(25)22-15-12(3)23-8-6-7-13-9-14(10-21-19(27)20-4)24(17(13)23)18(15)26;/h6-8,11-12,14-15H,5,9-10H2,1-4H3,(H2-,20,21,22,25,27);1H/p+1/t11-,12?,14+,15+;/m1./s1. The third kappa shape index (κ3) is 3.78. The van der Waals surface area contributed by atoms with E-state index >= 15 is 0 Å². The Hall–Kier alpha value is -2.35. The molecule has 0 fully saturated rings. The Bertz CT molecular complexity index is 772. The number of anilines is 1. The molecule has 0 saturated carbocycles. The molecule has 4 atom stereocenters. The van der Waals surface area contributed by atoms with Gasteiger partial charge in [-0.15, -0.1) is 12.4 Å². The molecule has 0 bridgehead atoms. The molecule has 9 heteroatoms. The Kier molecular flexibility index (Phi) is 6.87. The highest BCUT2D eigenvalue weighted by Crippen LogP contribution is 2.34. The lowest BCUT2D eigenvalue weighted by atomic mass is 10.0. The van der Waals surface area contributed by atoms with Crippen LogP contribution in [0, 0.1) is 5.92 Å². The first kappa shape index (κ1) is 21.9. The first-order chi connectivity index (χ1) is 12.9. The maximum Gasteiger partial charge on any atom is 0.336 e. The fourth-order valence-corrected chi connectivity index (χ4v) is 3.77. The van der Waals surface area contributed by atoms with Gasteiger partial charge < -0.3 is 16.0 Å². The van der Waals surface area contributed by atoms with Gasteiger partial charge in [0, 0.05) is 24.9 Å².